The Morgan fingerprint density at radius 2 is 1.68 bits per heavy atom. The minimum absolute atomic E-state index is 0.0297. The molecule has 1 aromatic heterocycles. The van der Waals surface area contributed by atoms with E-state index >= 15 is 0 Å². The van der Waals surface area contributed by atoms with Gasteiger partial charge in [-0.25, -0.2) is 9.78 Å². The number of pyridine rings is 1. The third kappa shape index (κ3) is 7.75. The van der Waals surface area contributed by atoms with Crippen LogP contribution in [0.25, 0.3) is 0 Å². The van der Waals surface area contributed by atoms with E-state index in [0.717, 1.165) is 50.0 Å². The van der Waals surface area contributed by atoms with Gasteiger partial charge in [0.1, 0.15) is 17.3 Å². The van der Waals surface area contributed by atoms with Gasteiger partial charge < -0.3 is 20.1 Å². The van der Waals surface area contributed by atoms with Crippen LogP contribution < -0.4 is 15.4 Å². The molecule has 9 heteroatoms. The van der Waals surface area contributed by atoms with Crippen molar-refractivity contribution in [2.45, 2.75) is 83.1 Å². The van der Waals surface area contributed by atoms with Crippen LogP contribution in [0.3, 0.4) is 0 Å². The minimum Gasteiger partial charge on any atom is -0.474 e. The molecule has 1 aliphatic carbocycles. The van der Waals surface area contributed by atoms with E-state index in [1.165, 1.54) is 6.20 Å². The summed E-state index contributed by atoms with van der Waals surface area (Å²) in [5.74, 6) is 2.23. The molecule has 2 amide bonds. The van der Waals surface area contributed by atoms with Crippen molar-refractivity contribution in [2.75, 3.05) is 11.5 Å². The minimum atomic E-state index is -0.517. The first-order valence-corrected chi connectivity index (χ1v) is 12.4. The smallest absolute Gasteiger partial charge is 0.407 e. The van der Waals surface area contributed by atoms with Gasteiger partial charge in [0.25, 0.3) is 5.91 Å². The number of thioether (sulfide) groups is 1. The maximum Gasteiger partial charge on any atom is 0.407 e. The fourth-order valence-corrected chi connectivity index (χ4v) is 4.98. The Morgan fingerprint density at radius 1 is 1.06 bits per heavy atom. The second-order valence-electron chi connectivity index (χ2n) is 9.10. The summed E-state index contributed by atoms with van der Waals surface area (Å²) in [6.45, 7) is 5.53. The summed E-state index contributed by atoms with van der Waals surface area (Å²) in [5.41, 5.74) is -0.143. The highest BCUT2D eigenvalue weighted by atomic mass is 35.5. The lowest BCUT2D eigenvalue weighted by atomic mass is 9.91. The zero-order valence-electron chi connectivity index (χ0n) is 18.4. The van der Waals surface area contributed by atoms with Crippen molar-refractivity contribution in [2.24, 2.45) is 0 Å². The molecule has 0 bridgehead atoms. The summed E-state index contributed by atoms with van der Waals surface area (Å²) in [7, 11) is 0. The van der Waals surface area contributed by atoms with E-state index in [2.05, 4.69) is 15.6 Å². The zero-order chi connectivity index (χ0) is 22.4. The van der Waals surface area contributed by atoms with E-state index in [9.17, 15) is 9.59 Å². The van der Waals surface area contributed by atoms with Crippen LogP contribution in [0.5, 0.6) is 5.88 Å². The summed E-state index contributed by atoms with van der Waals surface area (Å²) in [6, 6.07) is 1.70. The molecule has 2 fully saturated rings. The van der Waals surface area contributed by atoms with Crippen molar-refractivity contribution in [3.8, 4) is 5.88 Å². The number of carbonyl (C=O) groups excluding carboxylic acids is 2. The number of amides is 2. The van der Waals surface area contributed by atoms with Crippen LogP contribution in [0, 0.1) is 0 Å². The van der Waals surface area contributed by atoms with Crippen molar-refractivity contribution in [1.82, 2.24) is 15.6 Å². The second kappa shape index (κ2) is 10.8. The number of rotatable bonds is 5. The van der Waals surface area contributed by atoms with Crippen LogP contribution in [0.4, 0.5) is 4.79 Å². The highest BCUT2D eigenvalue weighted by Crippen LogP contribution is 2.26. The Hall–Kier alpha value is -1.67. The SMILES string of the molecule is CC(C)(C)OC(=O)N[C@H]1CC[C@@H](NC(=O)c2cc(Cl)cnc2OC2CCSCC2)CC1. The lowest BCUT2D eigenvalue weighted by molar-refractivity contribution is 0.0487. The van der Waals surface area contributed by atoms with Gasteiger partial charge in [-0.2, -0.15) is 11.8 Å². The number of alkyl carbamates (subject to hydrolysis) is 1. The molecule has 0 atom stereocenters. The first-order valence-electron chi connectivity index (χ1n) is 10.9. The predicted molar refractivity (Wildman–Crippen MR) is 123 cm³/mol. The molecule has 172 valence electrons. The number of nitrogens with one attached hydrogen (secondary N) is 2. The van der Waals surface area contributed by atoms with Gasteiger partial charge in [-0.15, -0.1) is 0 Å². The molecule has 7 nitrogen and oxygen atoms in total. The van der Waals surface area contributed by atoms with E-state index in [1.807, 2.05) is 32.5 Å². The zero-order valence-corrected chi connectivity index (χ0v) is 20.0. The number of ether oxygens (including phenoxy) is 2. The standard InChI is InChI=1S/C22H32ClN3O4S/c1-22(2,3)30-21(28)26-16-6-4-15(5-7-16)25-19(27)18-12-14(23)13-24-20(18)29-17-8-10-31-11-9-17/h12-13,15-17H,4-11H2,1-3H3,(H,25,27)(H,26,28)/t15-,16+. The van der Waals surface area contributed by atoms with E-state index in [4.69, 9.17) is 21.1 Å². The molecule has 2 heterocycles. The molecule has 2 aliphatic rings. The van der Waals surface area contributed by atoms with Crippen LogP contribution in [0.2, 0.25) is 5.02 Å². The monoisotopic (exact) mass is 469 g/mol. The predicted octanol–water partition coefficient (Wildman–Crippen LogP) is 4.58. The number of aromatic nitrogens is 1. The van der Waals surface area contributed by atoms with E-state index in [0.29, 0.717) is 16.5 Å². The Balaban J connectivity index is 1.52. The van der Waals surface area contributed by atoms with Gasteiger partial charge in [-0.1, -0.05) is 11.6 Å². The highest BCUT2D eigenvalue weighted by molar-refractivity contribution is 7.99. The Morgan fingerprint density at radius 3 is 2.29 bits per heavy atom. The van der Waals surface area contributed by atoms with E-state index in [1.54, 1.807) is 6.07 Å². The maximum absolute atomic E-state index is 13.0. The van der Waals surface area contributed by atoms with Gasteiger partial charge in [0, 0.05) is 18.3 Å². The van der Waals surface area contributed by atoms with Gasteiger partial charge in [-0.05, 0) is 76.9 Å². The van der Waals surface area contributed by atoms with Crippen molar-refractivity contribution in [3.63, 3.8) is 0 Å². The second-order valence-corrected chi connectivity index (χ2v) is 10.8. The molecule has 1 saturated heterocycles. The van der Waals surface area contributed by atoms with Crippen LogP contribution in [-0.2, 0) is 4.74 Å². The average Bonchev–Trinajstić information content (AvgIpc) is 2.70. The number of halogens is 1. The summed E-state index contributed by atoms with van der Waals surface area (Å²) >= 11 is 8.02. The molecule has 0 aromatic carbocycles. The third-order valence-corrected chi connectivity index (χ3v) is 6.55. The molecule has 1 aliphatic heterocycles. The highest BCUT2D eigenvalue weighted by Gasteiger charge is 2.27. The van der Waals surface area contributed by atoms with E-state index < -0.39 is 11.7 Å². The van der Waals surface area contributed by atoms with E-state index in [-0.39, 0.29) is 24.1 Å². The molecule has 3 rings (SSSR count). The van der Waals surface area contributed by atoms with Crippen molar-refractivity contribution < 1.29 is 19.1 Å². The van der Waals surface area contributed by atoms with Crippen LogP contribution in [0.15, 0.2) is 12.3 Å². The summed E-state index contributed by atoms with van der Waals surface area (Å²) in [5, 5.41) is 6.41. The molecule has 0 spiro atoms. The van der Waals surface area contributed by atoms with Crippen molar-refractivity contribution in [3.05, 3.63) is 22.8 Å². The molecule has 31 heavy (non-hydrogen) atoms. The van der Waals surface area contributed by atoms with Crippen LogP contribution in [-0.4, -0.2) is 52.3 Å². The van der Waals surface area contributed by atoms with Crippen molar-refractivity contribution >= 4 is 35.4 Å². The van der Waals surface area contributed by atoms with Gasteiger partial charge in [0.15, 0.2) is 0 Å². The largest absolute Gasteiger partial charge is 0.474 e. The summed E-state index contributed by atoms with van der Waals surface area (Å²) in [6.07, 6.45) is 6.20. The first kappa shape index (κ1) is 24.0. The van der Waals surface area contributed by atoms with Crippen molar-refractivity contribution in [1.29, 1.82) is 0 Å². The van der Waals surface area contributed by atoms with Gasteiger partial charge in [-0.3, -0.25) is 4.79 Å². The van der Waals surface area contributed by atoms with Crippen LogP contribution >= 0.6 is 23.4 Å². The van der Waals surface area contributed by atoms with Gasteiger partial charge in [0.2, 0.25) is 5.88 Å². The lowest BCUT2D eigenvalue weighted by Gasteiger charge is -2.30. The quantitative estimate of drug-likeness (QED) is 0.656. The number of hydrogen-bond donors (Lipinski definition) is 2. The fraction of sp³-hybridized carbons (Fsp3) is 0.682. The molecule has 0 radical (unpaired) electrons. The van der Waals surface area contributed by atoms with Crippen LogP contribution in [0.1, 0.15) is 69.7 Å². The van der Waals surface area contributed by atoms with Gasteiger partial charge >= 0.3 is 6.09 Å². The Bertz CT molecular complexity index is 773. The van der Waals surface area contributed by atoms with Gasteiger partial charge in [0.05, 0.1) is 5.02 Å². The normalized spacial score (nSPS) is 22.5. The summed E-state index contributed by atoms with van der Waals surface area (Å²) < 4.78 is 11.4. The number of hydrogen-bond acceptors (Lipinski definition) is 6. The molecule has 2 N–H and O–H groups in total. The number of carbonyl (C=O) groups is 2. The average molecular weight is 470 g/mol. The topological polar surface area (TPSA) is 89.6 Å². The Kier molecular flexibility index (Phi) is 8.33. The summed E-state index contributed by atoms with van der Waals surface area (Å²) in [4.78, 5) is 29.2. The molecule has 1 saturated carbocycles. The first-order chi connectivity index (χ1) is 14.7. The number of nitrogens with zero attached hydrogens (tertiary/aromatic N) is 1. The Labute approximate surface area is 193 Å². The molecule has 1 aromatic rings. The molecular formula is C22H32ClN3O4S. The lowest BCUT2D eigenvalue weighted by Crippen LogP contribution is -2.45. The third-order valence-electron chi connectivity index (χ3n) is 5.29. The molecular weight excluding hydrogens is 438 g/mol. The maximum atomic E-state index is 13.0. The molecule has 0 unspecified atom stereocenters. The fourth-order valence-electron chi connectivity index (χ4n) is 3.75.